The van der Waals surface area contributed by atoms with Crippen LogP contribution >= 0.6 is 0 Å². The van der Waals surface area contributed by atoms with Gasteiger partial charge in [-0.1, -0.05) is 43.7 Å². The molecule has 0 saturated heterocycles. The van der Waals surface area contributed by atoms with Gasteiger partial charge in [-0.3, -0.25) is 0 Å². The molecule has 0 aliphatic carbocycles. The first-order valence-corrected chi connectivity index (χ1v) is 7.23. The van der Waals surface area contributed by atoms with Crippen molar-refractivity contribution in [1.29, 1.82) is 0 Å². The number of urea groups is 1. The summed E-state index contributed by atoms with van der Waals surface area (Å²) in [5.41, 5.74) is -0.106. The molecule has 1 rings (SSSR count). The maximum absolute atomic E-state index is 12.0. The molecule has 1 aromatic carbocycles. The number of amides is 2. The summed E-state index contributed by atoms with van der Waals surface area (Å²) >= 11 is 0. The minimum Gasteiger partial charge on any atom is -0.480 e. The molecule has 0 aliphatic rings. The zero-order chi connectivity index (χ0) is 15.9. The van der Waals surface area contributed by atoms with Crippen LogP contribution in [0.4, 0.5) is 4.79 Å². The number of carbonyl (C=O) groups is 2. The van der Waals surface area contributed by atoms with Gasteiger partial charge in [-0.05, 0) is 32.3 Å². The van der Waals surface area contributed by atoms with Crippen LogP contribution < -0.4 is 10.6 Å². The van der Waals surface area contributed by atoms with Crippen molar-refractivity contribution in [3.8, 4) is 0 Å². The van der Waals surface area contributed by atoms with Crippen LogP contribution in [0, 0.1) is 0 Å². The minimum absolute atomic E-state index is 0.0768. The molecule has 0 radical (unpaired) electrons. The van der Waals surface area contributed by atoms with Crippen LogP contribution in [0.2, 0.25) is 0 Å². The number of carbonyl (C=O) groups excluding carboxylic acids is 1. The smallest absolute Gasteiger partial charge is 0.329 e. The monoisotopic (exact) mass is 292 g/mol. The number of carboxylic acid groups (broad SMARTS) is 1. The average Bonchev–Trinajstić information content (AvgIpc) is 2.39. The molecule has 0 bridgehead atoms. The minimum atomic E-state index is -1.23. The second-order valence-corrected chi connectivity index (χ2v) is 5.58. The molecular formula is C16H24N2O3. The van der Waals surface area contributed by atoms with Crippen molar-refractivity contribution in [3.05, 3.63) is 35.9 Å². The lowest BCUT2D eigenvalue weighted by molar-refractivity contribution is -0.144. The molecule has 1 aromatic rings. The SMILES string of the molecule is CCCC(C)(NC(=O)NC(C)Cc1ccccc1)C(=O)O. The largest absolute Gasteiger partial charge is 0.480 e. The first-order valence-electron chi connectivity index (χ1n) is 7.23. The Kier molecular flexibility index (Phi) is 6.21. The third-order valence-electron chi connectivity index (χ3n) is 3.37. The first-order chi connectivity index (χ1) is 9.87. The maximum Gasteiger partial charge on any atom is 0.329 e. The van der Waals surface area contributed by atoms with Gasteiger partial charge in [0.1, 0.15) is 5.54 Å². The summed E-state index contributed by atoms with van der Waals surface area (Å²) in [5.74, 6) is -1.02. The van der Waals surface area contributed by atoms with Crippen molar-refractivity contribution >= 4 is 12.0 Å². The van der Waals surface area contributed by atoms with Crippen LogP contribution in [0.5, 0.6) is 0 Å². The normalized spacial score (nSPS) is 14.8. The van der Waals surface area contributed by atoms with E-state index >= 15 is 0 Å². The maximum atomic E-state index is 12.0. The van der Waals surface area contributed by atoms with Crippen LogP contribution in [0.15, 0.2) is 30.3 Å². The Morgan fingerprint density at radius 1 is 1.29 bits per heavy atom. The van der Waals surface area contributed by atoms with Gasteiger partial charge in [0.25, 0.3) is 0 Å². The molecule has 3 N–H and O–H groups in total. The zero-order valence-corrected chi connectivity index (χ0v) is 12.8. The number of hydrogen-bond donors (Lipinski definition) is 3. The van der Waals surface area contributed by atoms with Gasteiger partial charge in [0.05, 0.1) is 0 Å². The topological polar surface area (TPSA) is 78.4 Å². The molecule has 21 heavy (non-hydrogen) atoms. The van der Waals surface area contributed by atoms with E-state index < -0.39 is 17.5 Å². The predicted molar refractivity (Wildman–Crippen MR) is 82.2 cm³/mol. The van der Waals surface area contributed by atoms with Gasteiger partial charge in [-0.15, -0.1) is 0 Å². The Bertz CT molecular complexity index is 476. The summed E-state index contributed by atoms with van der Waals surface area (Å²) in [6.45, 7) is 5.31. The summed E-state index contributed by atoms with van der Waals surface area (Å²) in [6.07, 6.45) is 1.78. The molecule has 5 heteroatoms. The molecule has 0 saturated carbocycles. The van der Waals surface area contributed by atoms with E-state index in [2.05, 4.69) is 10.6 Å². The van der Waals surface area contributed by atoms with E-state index in [0.717, 1.165) is 5.56 Å². The molecule has 0 aromatic heterocycles. The van der Waals surface area contributed by atoms with Gasteiger partial charge in [0.2, 0.25) is 0 Å². The lowest BCUT2D eigenvalue weighted by Gasteiger charge is -2.27. The predicted octanol–water partition coefficient (Wildman–Crippen LogP) is 2.56. The lowest BCUT2D eigenvalue weighted by atomic mass is 9.96. The molecule has 2 amide bonds. The third-order valence-corrected chi connectivity index (χ3v) is 3.37. The van der Waals surface area contributed by atoms with E-state index in [1.165, 1.54) is 6.92 Å². The first kappa shape index (κ1) is 17.0. The second kappa shape index (κ2) is 7.67. The summed E-state index contributed by atoms with van der Waals surface area (Å²) in [5, 5.41) is 14.6. The highest BCUT2D eigenvalue weighted by atomic mass is 16.4. The van der Waals surface area contributed by atoms with Crippen molar-refractivity contribution in [2.24, 2.45) is 0 Å². The molecule has 2 atom stereocenters. The van der Waals surface area contributed by atoms with Crippen LogP contribution in [-0.4, -0.2) is 28.7 Å². The van der Waals surface area contributed by atoms with Crippen molar-refractivity contribution in [2.45, 2.75) is 51.6 Å². The molecule has 116 valence electrons. The van der Waals surface area contributed by atoms with Gasteiger partial charge in [0.15, 0.2) is 0 Å². The van der Waals surface area contributed by atoms with Gasteiger partial charge in [-0.25, -0.2) is 9.59 Å². The molecule has 0 heterocycles. The van der Waals surface area contributed by atoms with Gasteiger partial charge >= 0.3 is 12.0 Å². The Labute approximate surface area is 125 Å². The van der Waals surface area contributed by atoms with Crippen LogP contribution in [0.25, 0.3) is 0 Å². The molecule has 0 fully saturated rings. The number of rotatable bonds is 7. The van der Waals surface area contributed by atoms with Crippen molar-refractivity contribution < 1.29 is 14.7 Å². The van der Waals surface area contributed by atoms with E-state index in [-0.39, 0.29) is 6.04 Å². The van der Waals surface area contributed by atoms with E-state index in [9.17, 15) is 14.7 Å². The van der Waals surface area contributed by atoms with Gasteiger partial charge in [-0.2, -0.15) is 0 Å². The number of carboxylic acids is 1. The zero-order valence-electron chi connectivity index (χ0n) is 12.8. The summed E-state index contributed by atoms with van der Waals surface area (Å²) < 4.78 is 0. The fourth-order valence-corrected chi connectivity index (χ4v) is 2.25. The lowest BCUT2D eigenvalue weighted by Crippen LogP contribution is -2.56. The van der Waals surface area contributed by atoms with Crippen LogP contribution in [0.3, 0.4) is 0 Å². The molecule has 5 nitrogen and oxygen atoms in total. The number of benzene rings is 1. The number of aliphatic carboxylic acids is 1. The van der Waals surface area contributed by atoms with Gasteiger partial charge < -0.3 is 15.7 Å². The molecular weight excluding hydrogens is 268 g/mol. The Hall–Kier alpha value is -2.04. The fraction of sp³-hybridized carbons (Fsp3) is 0.500. The van der Waals surface area contributed by atoms with E-state index in [1.807, 2.05) is 44.2 Å². The van der Waals surface area contributed by atoms with E-state index in [4.69, 9.17) is 0 Å². The van der Waals surface area contributed by atoms with Gasteiger partial charge in [0, 0.05) is 6.04 Å². The highest BCUT2D eigenvalue weighted by Crippen LogP contribution is 2.12. The standard InChI is InChI=1S/C16H24N2O3/c1-4-10-16(3,14(19)20)18-15(21)17-12(2)11-13-8-6-5-7-9-13/h5-9,12H,4,10-11H2,1-3H3,(H,19,20)(H2,17,18,21). The van der Waals surface area contributed by atoms with Crippen LogP contribution in [-0.2, 0) is 11.2 Å². The Morgan fingerprint density at radius 3 is 2.43 bits per heavy atom. The fourth-order valence-electron chi connectivity index (χ4n) is 2.25. The highest BCUT2D eigenvalue weighted by Gasteiger charge is 2.33. The van der Waals surface area contributed by atoms with Crippen LogP contribution in [0.1, 0.15) is 39.2 Å². The van der Waals surface area contributed by atoms with Crippen molar-refractivity contribution in [2.75, 3.05) is 0 Å². The Morgan fingerprint density at radius 2 is 1.90 bits per heavy atom. The number of nitrogens with one attached hydrogen (secondary N) is 2. The second-order valence-electron chi connectivity index (χ2n) is 5.58. The quantitative estimate of drug-likeness (QED) is 0.722. The summed E-state index contributed by atoms with van der Waals surface area (Å²) in [4.78, 5) is 23.2. The Balaban J connectivity index is 2.54. The van der Waals surface area contributed by atoms with Crippen molar-refractivity contribution in [3.63, 3.8) is 0 Å². The summed E-state index contributed by atoms with van der Waals surface area (Å²) in [7, 11) is 0. The van der Waals surface area contributed by atoms with E-state index in [0.29, 0.717) is 19.3 Å². The number of hydrogen-bond acceptors (Lipinski definition) is 2. The molecule has 2 unspecified atom stereocenters. The highest BCUT2D eigenvalue weighted by molar-refractivity contribution is 5.85. The average molecular weight is 292 g/mol. The molecule has 0 aliphatic heterocycles. The third kappa shape index (κ3) is 5.45. The molecule has 0 spiro atoms. The van der Waals surface area contributed by atoms with Crippen molar-refractivity contribution in [1.82, 2.24) is 10.6 Å². The summed E-state index contributed by atoms with van der Waals surface area (Å²) in [6, 6.07) is 9.31. The van der Waals surface area contributed by atoms with E-state index in [1.54, 1.807) is 0 Å².